The summed E-state index contributed by atoms with van der Waals surface area (Å²) < 4.78 is 5.26. The Morgan fingerprint density at radius 3 is 2.94 bits per heavy atom. The standard InChI is InChI=1S/C13H17NO3/c1-9-4-3-5-11(12(9)15)13(16)14(2)10-6-7-17-8-10/h3-5,10,15H,6-8H2,1-2H3. The number of benzene rings is 1. The molecule has 2 rings (SSSR count). The Kier molecular flexibility index (Phi) is 3.33. The minimum absolute atomic E-state index is 0.0725. The third-order valence-corrected chi connectivity index (χ3v) is 3.24. The average Bonchev–Trinajstić information content (AvgIpc) is 2.84. The molecule has 0 radical (unpaired) electrons. The lowest BCUT2D eigenvalue weighted by Crippen LogP contribution is -2.37. The van der Waals surface area contributed by atoms with Crippen molar-refractivity contribution >= 4 is 5.91 Å². The number of phenols is 1. The highest BCUT2D eigenvalue weighted by Gasteiger charge is 2.26. The van der Waals surface area contributed by atoms with Gasteiger partial charge in [0.2, 0.25) is 0 Å². The molecule has 0 bridgehead atoms. The van der Waals surface area contributed by atoms with E-state index in [-0.39, 0.29) is 17.7 Å². The van der Waals surface area contributed by atoms with Crippen LogP contribution in [-0.4, -0.2) is 42.2 Å². The zero-order valence-corrected chi connectivity index (χ0v) is 10.1. The van der Waals surface area contributed by atoms with Crippen LogP contribution in [0.3, 0.4) is 0 Å². The van der Waals surface area contributed by atoms with E-state index in [0.717, 1.165) is 6.42 Å². The fraction of sp³-hybridized carbons (Fsp3) is 0.462. The summed E-state index contributed by atoms with van der Waals surface area (Å²) in [6.45, 7) is 3.06. The van der Waals surface area contributed by atoms with Crippen LogP contribution >= 0.6 is 0 Å². The number of hydrogen-bond acceptors (Lipinski definition) is 3. The molecule has 1 heterocycles. The van der Waals surface area contributed by atoms with E-state index < -0.39 is 0 Å². The van der Waals surface area contributed by atoms with Gasteiger partial charge in [-0.05, 0) is 25.0 Å². The number of carbonyl (C=O) groups is 1. The number of nitrogens with zero attached hydrogens (tertiary/aromatic N) is 1. The fourth-order valence-corrected chi connectivity index (χ4v) is 2.01. The Morgan fingerprint density at radius 1 is 1.53 bits per heavy atom. The van der Waals surface area contributed by atoms with Gasteiger partial charge in [0.1, 0.15) is 5.75 Å². The summed E-state index contributed by atoms with van der Waals surface area (Å²) in [5.41, 5.74) is 1.08. The molecule has 1 aliphatic rings. The lowest BCUT2D eigenvalue weighted by atomic mass is 10.1. The molecule has 92 valence electrons. The molecule has 1 saturated heterocycles. The summed E-state index contributed by atoms with van der Waals surface area (Å²) in [4.78, 5) is 13.9. The highest BCUT2D eigenvalue weighted by Crippen LogP contribution is 2.24. The Bertz CT molecular complexity index is 425. The lowest BCUT2D eigenvalue weighted by molar-refractivity contribution is 0.0708. The minimum Gasteiger partial charge on any atom is -0.507 e. The zero-order chi connectivity index (χ0) is 12.4. The molecule has 17 heavy (non-hydrogen) atoms. The molecule has 1 atom stereocenters. The summed E-state index contributed by atoms with van der Waals surface area (Å²) in [7, 11) is 1.75. The van der Waals surface area contributed by atoms with Crippen molar-refractivity contribution in [2.24, 2.45) is 0 Å². The Morgan fingerprint density at radius 2 is 2.29 bits per heavy atom. The Hall–Kier alpha value is -1.55. The molecular formula is C13H17NO3. The third kappa shape index (κ3) is 2.26. The summed E-state index contributed by atoms with van der Waals surface area (Å²) in [5, 5.41) is 9.88. The first-order chi connectivity index (χ1) is 8.11. The summed E-state index contributed by atoms with van der Waals surface area (Å²) >= 11 is 0. The molecule has 1 aromatic rings. The molecule has 1 aromatic carbocycles. The first-order valence-corrected chi connectivity index (χ1v) is 5.74. The van der Waals surface area contributed by atoms with Gasteiger partial charge in [-0.2, -0.15) is 0 Å². The second kappa shape index (κ2) is 4.75. The number of aryl methyl sites for hydroxylation is 1. The quantitative estimate of drug-likeness (QED) is 0.846. The van der Waals surface area contributed by atoms with Crippen molar-refractivity contribution in [1.29, 1.82) is 0 Å². The van der Waals surface area contributed by atoms with Crippen molar-refractivity contribution in [3.63, 3.8) is 0 Å². The second-order valence-corrected chi connectivity index (χ2v) is 4.40. The van der Waals surface area contributed by atoms with Crippen molar-refractivity contribution < 1.29 is 14.6 Å². The molecule has 1 amide bonds. The maximum Gasteiger partial charge on any atom is 0.257 e. The number of amides is 1. The number of ether oxygens (including phenoxy) is 1. The number of hydrogen-bond donors (Lipinski definition) is 1. The van der Waals surface area contributed by atoms with Gasteiger partial charge < -0.3 is 14.7 Å². The van der Waals surface area contributed by atoms with Crippen molar-refractivity contribution in [2.75, 3.05) is 20.3 Å². The molecule has 0 saturated carbocycles. The lowest BCUT2D eigenvalue weighted by Gasteiger charge is -2.23. The molecule has 4 nitrogen and oxygen atoms in total. The van der Waals surface area contributed by atoms with Crippen LogP contribution in [0.1, 0.15) is 22.3 Å². The van der Waals surface area contributed by atoms with Gasteiger partial charge in [0.25, 0.3) is 5.91 Å². The van der Waals surface area contributed by atoms with Crippen LogP contribution in [0.5, 0.6) is 5.75 Å². The van der Waals surface area contributed by atoms with Gasteiger partial charge in [-0.3, -0.25) is 4.79 Å². The monoisotopic (exact) mass is 235 g/mol. The van der Waals surface area contributed by atoms with Crippen LogP contribution in [0, 0.1) is 6.92 Å². The molecule has 0 aliphatic carbocycles. The highest BCUT2D eigenvalue weighted by molar-refractivity contribution is 5.97. The van der Waals surface area contributed by atoms with E-state index in [1.807, 2.05) is 0 Å². The maximum absolute atomic E-state index is 12.2. The minimum atomic E-state index is -0.151. The normalized spacial score (nSPS) is 19.3. The van der Waals surface area contributed by atoms with Gasteiger partial charge in [0.05, 0.1) is 18.2 Å². The van der Waals surface area contributed by atoms with E-state index in [1.54, 1.807) is 37.1 Å². The number of carbonyl (C=O) groups excluding carboxylic acids is 1. The number of phenolic OH excluding ortho intramolecular Hbond substituents is 1. The highest BCUT2D eigenvalue weighted by atomic mass is 16.5. The van der Waals surface area contributed by atoms with Crippen LogP contribution in [0.4, 0.5) is 0 Å². The van der Waals surface area contributed by atoms with Crippen LogP contribution < -0.4 is 0 Å². The maximum atomic E-state index is 12.2. The number of para-hydroxylation sites is 1. The molecule has 4 heteroatoms. The van der Waals surface area contributed by atoms with Crippen molar-refractivity contribution in [1.82, 2.24) is 4.90 Å². The predicted molar refractivity (Wildman–Crippen MR) is 64.2 cm³/mol. The van der Waals surface area contributed by atoms with E-state index in [0.29, 0.717) is 24.3 Å². The Labute approximate surface area is 101 Å². The first-order valence-electron chi connectivity index (χ1n) is 5.74. The predicted octanol–water partition coefficient (Wildman–Crippen LogP) is 1.56. The Balaban J connectivity index is 2.21. The van der Waals surface area contributed by atoms with E-state index in [2.05, 4.69) is 0 Å². The second-order valence-electron chi connectivity index (χ2n) is 4.40. The van der Waals surface area contributed by atoms with Crippen molar-refractivity contribution in [3.05, 3.63) is 29.3 Å². The molecule has 1 aliphatic heterocycles. The van der Waals surface area contributed by atoms with Crippen molar-refractivity contribution in [3.8, 4) is 5.75 Å². The first kappa shape index (κ1) is 11.9. The number of likely N-dealkylation sites (N-methyl/N-ethyl adjacent to an activating group) is 1. The molecule has 1 fully saturated rings. The summed E-state index contributed by atoms with van der Waals surface area (Å²) in [6.07, 6.45) is 0.856. The van der Waals surface area contributed by atoms with Gasteiger partial charge in [-0.15, -0.1) is 0 Å². The van der Waals surface area contributed by atoms with Crippen LogP contribution in [-0.2, 0) is 4.74 Å². The van der Waals surface area contributed by atoms with Crippen LogP contribution in [0.2, 0.25) is 0 Å². The van der Waals surface area contributed by atoms with Crippen molar-refractivity contribution in [2.45, 2.75) is 19.4 Å². The SMILES string of the molecule is Cc1cccc(C(=O)N(C)C2CCOC2)c1O. The number of aromatic hydroxyl groups is 1. The summed E-state index contributed by atoms with van der Waals surface area (Å²) in [6, 6.07) is 5.32. The average molecular weight is 235 g/mol. The largest absolute Gasteiger partial charge is 0.507 e. The topological polar surface area (TPSA) is 49.8 Å². The van der Waals surface area contributed by atoms with E-state index in [4.69, 9.17) is 4.74 Å². The van der Waals surface area contributed by atoms with Crippen LogP contribution in [0.25, 0.3) is 0 Å². The van der Waals surface area contributed by atoms with Gasteiger partial charge in [0, 0.05) is 13.7 Å². The smallest absolute Gasteiger partial charge is 0.257 e. The molecule has 0 aromatic heterocycles. The number of rotatable bonds is 2. The van der Waals surface area contributed by atoms with Gasteiger partial charge >= 0.3 is 0 Å². The van der Waals surface area contributed by atoms with E-state index in [1.165, 1.54) is 0 Å². The van der Waals surface area contributed by atoms with E-state index in [9.17, 15) is 9.90 Å². The molecular weight excluding hydrogens is 218 g/mol. The molecule has 1 unspecified atom stereocenters. The summed E-state index contributed by atoms with van der Waals surface area (Å²) in [5.74, 6) is -0.0787. The fourth-order valence-electron chi connectivity index (χ4n) is 2.01. The van der Waals surface area contributed by atoms with Gasteiger partial charge in [-0.1, -0.05) is 12.1 Å². The molecule has 1 N–H and O–H groups in total. The third-order valence-electron chi connectivity index (χ3n) is 3.24. The van der Waals surface area contributed by atoms with Gasteiger partial charge in [0.15, 0.2) is 0 Å². The van der Waals surface area contributed by atoms with Crippen LogP contribution in [0.15, 0.2) is 18.2 Å². The van der Waals surface area contributed by atoms with Gasteiger partial charge in [-0.25, -0.2) is 0 Å². The van der Waals surface area contributed by atoms with E-state index >= 15 is 0 Å². The zero-order valence-electron chi connectivity index (χ0n) is 10.1. The molecule has 0 spiro atoms.